The molecule has 1 heterocycles. The van der Waals surface area contributed by atoms with E-state index < -0.39 is 0 Å². The molecule has 1 aliphatic heterocycles. The van der Waals surface area contributed by atoms with Crippen molar-refractivity contribution in [1.29, 1.82) is 0 Å². The molecule has 6 heteroatoms. The number of hydrogen-bond donors (Lipinski definition) is 1. The summed E-state index contributed by atoms with van der Waals surface area (Å²) < 4.78 is 11.0. The molecule has 0 aliphatic carbocycles. The summed E-state index contributed by atoms with van der Waals surface area (Å²) in [4.78, 5) is 2.07. The highest BCUT2D eigenvalue weighted by Gasteiger charge is 2.21. The second-order valence-electron chi connectivity index (χ2n) is 3.62. The molecular formula is C10H21N3O2S. The minimum atomic E-state index is -0.196. The molecule has 0 unspecified atom stereocenters. The smallest absolute Gasteiger partial charge is 0.183 e. The summed E-state index contributed by atoms with van der Waals surface area (Å²) in [6.07, 6.45) is -0.196. The molecule has 0 spiro atoms. The van der Waals surface area contributed by atoms with E-state index in [4.69, 9.17) is 21.7 Å². The predicted octanol–water partition coefficient (Wildman–Crippen LogP) is 0.422. The van der Waals surface area contributed by atoms with Gasteiger partial charge in [-0.15, -0.1) is 0 Å². The molecule has 0 bridgehead atoms. The Morgan fingerprint density at radius 3 is 2.44 bits per heavy atom. The van der Waals surface area contributed by atoms with Crippen LogP contribution in [0.2, 0.25) is 0 Å². The molecule has 0 saturated carbocycles. The first kappa shape index (κ1) is 13.6. The van der Waals surface area contributed by atoms with Crippen molar-refractivity contribution in [1.82, 2.24) is 15.3 Å². The average Bonchev–Trinajstić information content (AvgIpc) is 2.23. The van der Waals surface area contributed by atoms with Crippen LogP contribution in [-0.2, 0) is 9.47 Å². The van der Waals surface area contributed by atoms with Gasteiger partial charge in [0.1, 0.15) is 0 Å². The summed E-state index contributed by atoms with van der Waals surface area (Å²) in [5.74, 6) is 0. The largest absolute Gasteiger partial charge is 0.351 e. The Hall–Kier alpha value is -0.430. The average molecular weight is 247 g/mol. The van der Waals surface area contributed by atoms with Crippen LogP contribution in [0.3, 0.4) is 0 Å². The van der Waals surface area contributed by atoms with Crippen molar-refractivity contribution >= 4 is 17.3 Å². The standard InChI is InChI=1S/C10H21N3O2S/c1-4-14-9(15-5-2)8-13-7-6-12(3)11-10(13)16/h9H,4-8H2,1-3H3,(H,11,16). The first-order valence-corrected chi connectivity index (χ1v) is 6.08. The molecule has 1 saturated heterocycles. The van der Waals surface area contributed by atoms with Gasteiger partial charge in [-0.05, 0) is 26.1 Å². The maximum Gasteiger partial charge on any atom is 0.183 e. The molecule has 16 heavy (non-hydrogen) atoms. The van der Waals surface area contributed by atoms with Crippen molar-refractivity contribution in [3.05, 3.63) is 0 Å². The predicted molar refractivity (Wildman–Crippen MR) is 67.0 cm³/mol. The van der Waals surface area contributed by atoms with E-state index in [-0.39, 0.29) is 6.29 Å². The van der Waals surface area contributed by atoms with E-state index >= 15 is 0 Å². The van der Waals surface area contributed by atoms with Crippen LogP contribution in [0, 0.1) is 0 Å². The number of rotatable bonds is 6. The number of thiocarbonyl (C=S) groups is 1. The number of ether oxygens (including phenoxy) is 2. The quantitative estimate of drug-likeness (QED) is 0.542. The van der Waals surface area contributed by atoms with Gasteiger partial charge in [-0.1, -0.05) is 0 Å². The van der Waals surface area contributed by atoms with Crippen LogP contribution < -0.4 is 5.43 Å². The number of hydrogen-bond acceptors (Lipinski definition) is 4. The van der Waals surface area contributed by atoms with Gasteiger partial charge >= 0.3 is 0 Å². The normalized spacial score (nSPS) is 18.0. The van der Waals surface area contributed by atoms with Gasteiger partial charge in [-0.2, -0.15) is 0 Å². The molecule has 0 aromatic rings. The Labute approximate surface area is 103 Å². The third-order valence-electron chi connectivity index (χ3n) is 2.35. The topological polar surface area (TPSA) is 37.0 Å². The molecular weight excluding hydrogens is 226 g/mol. The monoisotopic (exact) mass is 247 g/mol. The van der Waals surface area contributed by atoms with E-state index in [1.54, 1.807) is 0 Å². The summed E-state index contributed by atoms with van der Waals surface area (Å²) >= 11 is 5.25. The van der Waals surface area contributed by atoms with Gasteiger partial charge in [-0.25, -0.2) is 5.01 Å². The highest BCUT2D eigenvalue weighted by molar-refractivity contribution is 7.80. The zero-order chi connectivity index (χ0) is 12.0. The Morgan fingerprint density at radius 1 is 1.31 bits per heavy atom. The van der Waals surface area contributed by atoms with Gasteiger partial charge in [0, 0.05) is 33.4 Å². The van der Waals surface area contributed by atoms with Gasteiger partial charge in [0.25, 0.3) is 0 Å². The molecule has 0 amide bonds. The summed E-state index contributed by atoms with van der Waals surface area (Å²) in [7, 11) is 1.98. The highest BCUT2D eigenvalue weighted by Crippen LogP contribution is 2.04. The third-order valence-corrected chi connectivity index (χ3v) is 2.70. The summed E-state index contributed by atoms with van der Waals surface area (Å²) in [6.45, 7) is 7.75. The molecule has 0 aromatic carbocycles. The lowest BCUT2D eigenvalue weighted by Crippen LogP contribution is -2.57. The minimum absolute atomic E-state index is 0.196. The minimum Gasteiger partial charge on any atom is -0.351 e. The summed E-state index contributed by atoms with van der Waals surface area (Å²) in [5, 5.41) is 2.72. The zero-order valence-corrected chi connectivity index (χ0v) is 11.0. The molecule has 0 atom stereocenters. The number of likely N-dealkylation sites (N-methyl/N-ethyl adjacent to an activating group) is 1. The molecule has 1 fully saturated rings. The lowest BCUT2D eigenvalue weighted by molar-refractivity contribution is -0.142. The van der Waals surface area contributed by atoms with E-state index in [1.165, 1.54) is 0 Å². The van der Waals surface area contributed by atoms with Gasteiger partial charge < -0.3 is 14.4 Å². The molecule has 94 valence electrons. The number of nitrogens with zero attached hydrogens (tertiary/aromatic N) is 2. The molecule has 5 nitrogen and oxygen atoms in total. The van der Waals surface area contributed by atoms with Crippen molar-refractivity contribution in [2.24, 2.45) is 0 Å². The van der Waals surface area contributed by atoms with Crippen molar-refractivity contribution in [3.8, 4) is 0 Å². The van der Waals surface area contributed by atoms with Crippen molar-refractivity contribution < 1.29 is 9.47 Å². The number of nitrogens with one attached hydrogen (secondary N) is 1. The maximum absolute atomic E-state index is 5.50. The van der Waals surface area contributed by atoms with Crippen LogP contribution in [0.1, 0.15) is 13.8 Å². The molecule has 1 N–H and O–H groups in total. The molecule has 1 rings (SSSR count). The Morgan fingerprint density at radius 2 is 1.94 bits per heavy atom. The van der Waals surface area contributed by atoms with Crippen LogP contribution in [0.15, 0.2) is 0 Å². The van der Waals surface area contributed by atoms with Crippen molar-refractivity contribution in [3.63, 3.8) is 0 Å². The first-order valence-electron chi connectivity index (χ1n) is 5.67. The Bertz CT molecular complexity index is 222. The Kier molecular flexibility index (Phi) is 5.97. The Balaban J connectivity index is 2.41. The fourth-order valence-corrected chi connectivity index (χ4v) is 1.86. The van der Waals surface area contributed by atoms with Gasteiger partial charge in [0.05, 0.1) is 6.54 Å². The molecule has 0 aromatic heterocycles. The van der Waals surface area contributed by atoms with E-state index in [1.807, 2.05) is 25.9 Å². The fraction of sp³-hybridized carbons (Fsp3) is 0.900. The van der Waals surface area contributed by atoms with Crippen LogP contribution >= 0.6 is 12.2 Å². The van der Waals surface area contributed by atoms with Gasteiger partial charge in [-0.3, -0.25) is 5.43 Å². The summed E-state index contributed by atoms with van der Waals surface area (Å²) in [5.41, 5.74) is 3.10. The summed E-state index contributed by atoms with van der Waals surface area (Å²) in [6, 6.07) is 0. The van der Waals surface area contributed by atoms with Gasteiger partial charge in [0.2, 0.25) is 0 Å². The SMILES string of the molecule is CCOC(CN1CCN(C)NC1=S)OCC. The van der Waals surface area contributed by atoms with Crippen LogP contribution in [0.5, 0.6) is 0 Å². The van der Waals surface area contributed by atoms with E-state index in [0.29, 0.717) is 19.8 Å². The van der Waals surface area contributed by atoms with E-state index in [9.17, 15) is 0 Å². The van der Waals surface area contributed by atoms with Crippen LogP contribution in [0.4, 0.5) is 0 Å². The number of hydrazine groups is 1. The highest BCUT2D eigenvalue weighted by atomic mass is 32.1. The first-order chi connectivity index (χ1) is 7.67. The second-order valence-corrected chi connectivity index (χ2v) is 4.01. The van der Waals surface area contributed by atoms with E-state index in [2.05, 4.69) is 10.3 Å². The van der Waals surface area contributed by atoms with Crippen LogP contribution in [0.25, 0.3) is 0 Å². The third kappa shape index (κ3) is 4.21. The van der Waals surface area contributed by atoms with E-state index in [0.717, 1.165) is 18.2 Å². The second kappa shape index (κ2) is 7.01. The lowest BCUT2D eigenvalue weighted by atomic mass is 10.4. The lowest BCUT2D eigenvalue weighted by Gasteiger charge is -2.37. The molecule has 1 aliphatic rings. The van der Waals surface area contributed by atoms with Crippen LogP contribution in [-0.4, -0.2) is 61.2 Å². The maximum atomic E-state index is 5.50. The van der Waals surface area contributed by atoms with Gasteiger partial charge in [0.15, 0.2) is 11.4 Å². The fourth-order valence-electron chi connectivity index (χ4n) is 1.54. The van der Waals surface area contributed by atoms with Crippen molar-refractivity contribution in [2.45, 2.75) is 20.1 Å². The molecule has 0 radical (unpaired) electrons. The van der Waals surface area contributed by atoms with Crippen molar-refractivity contribution in [2.75, 3.05) is 39.9 Å². The zero-order valence-electron chi connectivity index (χ0n) is 10.2.